The Morgan fingerprint density at radius 1 is 1.08 bits per heavy atom. The highest BCUT2D eigenvalue weighted by Gasteiger charge is 2.24. The monoisotopic (exact) mass is 343 g/mol. The highest BCUT2D eigenvalue weighted by molar-refractivity contribution is 6.05. The lowest BCUT2D eigenvalue weighted by Gasteiger charge is -2.25. The minimum atomic E-state index is -0.456. The van der Waals surface area contributed by atoms with Gasteiger partial charge in [0.2, 0.25) is 0 Å². The Balaban J connectivity index is 1.58. The first-order chi connectivity index (χ1) is 12.1. The first kappa shape index (κ1) is 17.0. The average Bonchev–Trinajstić information content (AvgIpc) is 3.06. The van der Waals surface area contributed by atoms with E-state index in [9.17, 15) is 14.7 Å². The van der Waals surface area contributed by atoms with Crippen LogP contribution >= 0.6 is 0 Å². The first-order valence-corrected chi connectivity index (χ1v) is 8.27. The molecule has 0 unspecified atom stereocenters. The van der Waals surface area contributed by atoms with E-state index in [-0.39, 0.29) is 23.7 Å². The van der Waals surface area contributed by atoms with Crippen molar-refractivity contribution in [2.75, 3.05) is 10.6 Å². The third-order valence-corrected chi connectivity index (χ3v) is 4.17. The molecule has 8 nitrogen and oxygen atoms in total. The Bertz CT molecular complexity index is 723. The van der Waals surface area contributed by atoms with E-state index in [4.69, 9.17) is 0 Å². The van der Waals surface area contributed by atoms with Crippen LogP contribution in [0.3, 0.4) is 0 Å². The zero-order valence-corrected chi connectivity index (χ0v) is 13.7. The number of hydrogen-bond acceptors (Lipinski definition) is 4. The van der Waals surface area contributed by atoms with Gasteiger partial charge in [0.25, 0.3) is 5.91 Å². The van der Waals surface area contributed by atoms with Crippen LogP contribution in [-0.2, 0) is 0 Å². The minimum absolute atomic E-state index is 0.0126. The third-order valence-electron chi connectivity index (χ3n) is 4.17. The molecule has 132 valence electrons. The molecule has 8 heteroatoms. The molecule has 1 aromatic heterocycles. The Labute approximate surface area is 145 Å². The van der Waals surface area contributed by atoms with Crippen LogP contribution in [0.4, 0.5) is 16.2 Å². The van der Waals surface area contributed by atoms with Crippen molar-refractivity contribution in [1.82, 2.24) is 15.5 Å². The SMILES string of the molecule is O=C(Nc1ccccc1)Nc1c[nH]nc1C(=O)N[C@H]1CC[C@H](O)CC1. The van der Waals surface area contributed by atoms with Crippen molar-refractivity contribution in [3.05, 3.63) is 42.2 Å². The maximum atomic E-state index is 12.4. The van der Waals surface area contributed by atoms with Gasteiger partial charge in [-0.2, -0.15) is 5.10 Å². The van der Waals surface area contributed by atoms with Gasteiger partial charge in [-0.15, -0.1) is 0 Å². The number of urea groups is 1. The number of hydrogen-bond donors (Lipinski definition) is 5. The van der Waals surface area contributed by atoms with Crippen molar-refractivity contribution in [2.24, 2.45) is 0 Å². The Kier molecular flexibility index (Phi) is 5.30. The zero-order valence-electron chi connectivity index (χ0n) is 13.7. The van der Waals surface area contributed by atoms with Gasteiger partial charge in [0.15, 0.2) is 5.69 Å². The molecule has 1 aromatic carbocycles. The van der Waals surface area contributed by atoms with Crippen LogP contribution in [0.25, 0.3) is 0 Å². The van der Waals surface area contributed by atoms with Crippen LogP contribution < -0.4 is 16.0 Å². The van der Waals surface area contributed by atoms with Crippen molar-refractivity contribution < 1.29 is 14.7 Å². The summed E-state index contributed by atoms with van der Waals surface area (Å²) in [4.78, 5) is 24.4. The van der Waals surface area contributed by atoms with Gasteiger partial charge in [0.1, 0.15) is 0 Å². The number of amides is 3. The van der Waals surface area contributed by atoms with Crippen LogP contribution in [0, 0.1) is 0 Å². The van der Waals surface area contributed by atoms with Gasteiger partial charge >= 0.3 is 6.03 Å². The molecule has 1 aliphatic carbocycles. The maximum Gasteiger partial charge on any atom is 0.323 e. The molecule has 1 aliphatic rings. The lowest BCUT2D eigenvalue weighted by molar-refractivity contribution is 0.0864. The van der Waals surface area contributed by atoms with Crippen LogP contribution in [0.15, 0.2) is 36.5 Å². The van der Waals surface area contributed by atoms with Crippen molar-refractivity contribution in [3.63, 3.8) is 0 Å². The summed E-state index contributed by atoms with van der Waals surface area (Å²) >= 11 is 0. The number of rotatable bonds is 4. The number of H-pyrrole nitrogens is 1. The number of carbonyl (C=O) groups is 2. The number of anilines is 2. The van der Waals surface area contributed by atoms with E-state index in [1.807, 2.05) is 18.2 Å². The molecule has 3 rings (SSSR count). The van der Waals surface area contributed by atoms with E-state index in [0.29, 0.717) is 24.2 Å². The second-order valence-electron chi connectivity index (χ2n) is 6.07. The molecule has 0 atom stereocenters. The van der Waals surface area contributed by atoms with E-state index < -0.39 is 6.03 Å². The number of aromatic amines is 1. The van der Waals surface area contributed by atoms with Gasteiger partial charge in [-0.25, -0.2) is 4.79 Å². The largest absolute Gasteiger partial charge is 0.393 e. The molecule has 1 heterocycles. The van der Waals surface area contributed by atoms with Crippen LogP contribution in [0.2, 0.25) is 0 Å². The molecule has 0 spiro atoms. The molecular weight excluding hydrogens is 322 g/mol. The van der Waals surface area contributed by atoms with Crippen LogP contribution in [0.5, 0.6) is 0 Å². The third kappa shape index (κ3) is 4.57. The topological polar surface area (TPSA) is 119 Å². The molecule has 25 heavy (non-hydrogen) atoms. The fraction of sp³-hybridized carbons (Fsp3) is 0.353. The Morgan fingerprint density at radius 3 is 2.52 bits per heavy atom. The average molecular weight is 343 g/mol. The molecule has 1 fully saturated rings. The van der Waals surface area contributed by atoms with Gasteiger partial charge in [-0.1, -0.05) is 18.2 Å². The molecule has 0 radical (unpaired) electrons. The van der Waals surface area contributed by atoms with E-state index >= 15 is 0 Å². The molecule has 0 aliphatic heterocycles. The maximum absolute atomic E-state index is 12.4. The molecule has 2 aromatic rings. The molecule has 3 amide bonds. The minimum Gasteiger partial charge on any atom is -0.393 e. The molecular formula is C17H21N5O3. The lowest BCUT2D eigenvalue weighted by atomic mass is 9.93. The quantitative estimate of drug-likeness (QED) is 0.584. The lowest BCUT2D eigenvalue weighted by Crippen LogP contribution is -2.39. The molecule has 0 saturated heterocycles. The predicted molar refractivity (Wildman–Crippen MR) is 93.4 cm³/mol. The van der Waals surface area contributed by atoms with Crippen molar-refractivity contribution in [3.8, 4) is 0 Å². The standard InChI is InChI=1S/C17H21N5O3/c23-13-8-6-12(7-9-13)19-16(24)15-14(10-18-22-15)21-17(25)20-11-4-2-1-3-5-11/h1-5,10,12-13,23H,6-9H2,(H,18,22)(H,19,24)(H2,20,21,25)/t12-,13-. The Morgan fingerprint density at radius 2 is 1.80 bits per heavy atom. The fourth-order valence-corrected chi connectivity index (χ4v) is 2.84. The number of nitrogens with zero attached hydrogens (tertiary/aromatic N) is 1. The highest BCUT2D eigenvalue weighted by Crippen LogP contribution is 2.19. The summed E-state index contributed by atoms with van der Waals surface area (Å²) < 4.78 is 0. The molecule has 0 bridgehead atoms. The summed E-state index contributed by atoms with van der Waals surface area (Å²) in [7, 11) is 0. The van der Waals surface area contributed by atoms with Crippen molar-refractivity contribution >= 4 is 23.3 Å². The Hall–Kier alpha value is -2.87. The molecule has 1 saturated carbocycles. The van der Waals surface area contributed by atoms with Gasteiger partial charge in [0.05, 0.1) is 11.8 Å². The number of aliphatic hydroxyl groups excluding tert-OH is 1. The predicted octanol–water partition coefficient (Wildman–Crippen LogP) is 2.09. The van der Waals surface area contributed by atoms with Crippen molar-refractivity contribution in [2.45, 2.75) is 37.8 Å². The number of para-hydroxylation sites is 1. The number of aliphatic hydroxyl groups is 1. The second kappa shape index (κ2) is 7.80. The highest BCUT2D eigenvalue weighted by atomic mass is 16.3. The summed E-state index contributed by atoms with van der Waals surface area (Å²) in [5.41, 5.74) is 1.09. The first-order valence-electron chi connectivity index (χ1n) is 8.27. The van der Waals surface area contributed by atoms with Crippen LogP contribution in [0.1, 0.15) is 36.2 Å². The molecule has 5 N–H and O–H groups in total. The summed E-state index contributed by atoms with van der Waals surface area (Å²) in [5.74, 6) is -0.349. The summed E-state index contributed by atoms with van der Waals surface area (Å²) in [5, 5.41) is 24.3. The zero-order chi connectivity index (χ0) is 17.6. The van der Waals surface area contributed by atoms with Gasteiger partial charge in [-0.05, 0) is 37.8 Å². The van der Waals surface area contributed by atoms with E-state index in [2.05, 4.69) is 26.1 Å². The number of carbonyl (C=O) groups excluding carboxylic acids is 2. The van der Waals surface area contributed by atoms with Gasteiger partial charge in [-0.3, -0.25) is 9.89 Å². The second-order valence-corrected chi connectivity index (χ2v) is 6.07. The normalized spacial score (nSPS) is 19.9. The van der Waals surface area contributed by atoms with Crippen LogP contribution in [-0.4, -0.2) is 39.4 Å². The van der Waals surface area contributed by atoms with Crippen molar-refractivity contribution in [1.29, 1.82) is 0 Å². The van der Waals surface area contributed by atoms with E-state index in [1.54, 1.807) is 12.1 Å². The van der Waals surface area contributed by atoms with E-state index in [0.717, 1.165) is 12.8 Å². The fourth-order valence-electron chi connectivity index (χ4n) is 2.84. The number of aromatic nitrogens is 2. The number of benzene rings is 1. The van der Waals surface area contributed by atoms with E-state index in [1.165, 1.54) is 6.20 Å². The van der Waals surface area contributed by atoms with Gasteiger partial charge < -0.3 is 21.1 Å². The smallest absolute Gasteiger partial charge is 0.323 e. The summed E-state index contributed by atoms with van der Waals surface area (Å²) in [6.07, 6.45) is 4.00. The van der Waals surface area contributed by atoms with Gasteiger partial charge in [0, 0.05) is 17.9 Å². The number of nitrogens with one attached hydrogen (secondary N) is 4. The summed E-state index contributed by atoms with van der Waals surface area (Å²) in [6, 6.07) is 8.56. The summed E-state index contributed by atoms with van der Waals surface area (Å²) in [6.45, 7) is 0.